The molecule has 1 atom stereocenters. The van der Waals surface area contributed by atoms with Crippen LogP contribution < -0.4 is 0 Å². The monoisotopic (exact) mass is 377 g/mol. The molecule has 2 amide bonds. The van der Waals surface area contributed by atoms with E-state index < -0.39 is 42.0 Å². The predicted molar refractivity (Wildman–Crippen MR) is 88.0 cm³/mol. The minimum atomic E-state index is -4.59. The van der Waals surface area contributed by atoms with Gasteiger partial charge in [0, 0.05) is 6.54 Å². The van der Waals surface area contributed by atoms with E-state index in [1.54, 1.807) is 12.1 Å². The van der Waals surface area contributed by atoms with Crippen LogP contribution in [-0.4, -0.2) is 36.3 Å². The lowest BCUT2D eigenvalue weighted by atomic mass is 9.96. The molecule has 8 heteroatoms. The fourth-order valence-electron chi connectivity index (χ4n) is 2.98. The number of amides is 2. The number of nitrogens with zero attached hydrogens (tertiary/aromatic N) is 1. The average molecular weight is 377 g/mol. The number of esters is 1. The van der Waals surface area contributed by atoms with Crippen molar-refractivity contribution in [2.24, 2.45) is 0 Å². The Morgan fingerprint density at radius 1 is 1.04 bits per heavy atom. The van der Waals surface area contributed by atoms with Crippen molar-refractivity contribution in [2.45, 2.75) is 12.1 Å². The Hall–Kier alpha value is -3.16. The Morgan fingerprint density at radius 3 is 2.15 bits per heavy atom. The van der Waals surface area contributed by atoms with Crippen LogP contribution in [0.4, 0.5) is 13.2 Å². The van der Waals surface area contributed by atoms with E-state index in [0.29, 0.717) is 0 Å². The number of imide groups is 1. The van der Waals surface area contributed by atoms with Crippen LogP contribution in [-0.2, 0) is 15.7 Å². The van der Waals surface area contributed by atoms with Gasteiger partial charge in [-0.25, -0.2) is 0 Å². The van der Waals surface area contributed by atoms with E-state index in [9.17, 15) is 27.6 Å². The minimum Gasteiger partial charge on any atom is -0.468 e. The van der Waals surface area contributed by atoms with Crippen molar-refractivity contribution >= 4 is 17.8 Å². The zero-order valence-electron chi connectivity index (χ0n) is 14.1. The normalized spacial score (nSPS) is 14.9. The van der Waals surface area contributed by atoms with Crippen LogP contribution in [0.3, 0.4) is 0 Å². The molecule has 0 saturated carbocycles. The summed E-state index contributed by atoms with van der Waals surface area (Å²) in [6.07, 6.45) is -4.59. The van der Waals surface area contributed by atoms with Gasteiger partial charge in [-0.1, -0.05) is 30.3 Å². The van der Waals surface area contributed by atoms with E-state index in [2.05, 4.69) is 4.74 Å². The molecule has 0 N–H and O–H groups in total. The van der Waals surface area contributed by atoms with Crippen LogP contribution in [0.15, 0.2) is 48.5 Å². The van der Waals surface area contributed by atoms with Crippen LogP contribution in [0.1, 0.15) is 37.8 Å². The Kier molecular flexibility index (Phi) is 4.73. The van der Waals surface area contributed by atoms with E-state index in [4.69, 9.17) is 0 Å². The quantitative estimate of drug-likeness (QED) is 0.606. The number of halogens is 3. The lowest BCUT2D eigenvalue weighted by Crippen LogP contribution is -2.36. The molecule has 0 saturated heterocycles. The Labute approximate surface area is 152 Å². The van der Waals surface area contributed by atoms with Crippen LogP contribution >= 0.6 is 0 Å². The van der Waals surface area contributed by atoms with Crippen molar-refractivity contribution < 1.29 is 32.3 Å². The molecular formula is C19H14F3NO4. The summed E-state index contributed by atoms with van der Waals surface area (Å²) in [5, 5.41) is 0. The fraction of sp³-hybridized carbons (Fsp3) is 0.211. The molecular weight excluding hydrogens is 363 g/mol. The van der Waals surface area contributed by atoms with Crippen molar-refractivity contribution in [1.29, 1.82) is 0 Å². The summed E-state index contributed by atoms with van der Waals surface area (Å²) in [5.41, 5.74) is -0.546. The summed E-state index contributed by atoms with van der Waals surface area (Å²) >= 11 is 0. The van der Waals surface area contributed by atoms with Crippen LogP contribution in [0.2, 0.25) is 0 Å². The highest BCUT2D eigenvalue weighted by Gasteiger charge is 2.39. The summed E-state index contributed by atoms with van der Waals surface area (Å²) in [4.78, 5) is 38.0. The highest BCUT2D eigenvalue weighted by atomic mass is 19.4. The number of hydrogen-bond donors (Lipinski definition) is 0. The third-order valence-corrected chi connectivity index (χ3v) is 4.35. The van der Waals surface area contributed by atoms with Crippen LogP contribution in [0, 0.1) is 0 Å². The summed E-state index contributed by atoms with van der Waals surface area (Å²) in [5.74, 6) is -3.28. The number of carbonyl (C=O) groups excluding carboxylic acids is 3. The number of ether oxygens (including phenoxy) is 1. The van der Waals surface area contributed by atoms with Gasteiger partial charge in [0.05, 0.1) is 29.7 Å². The zero-order chi connectivity index (χ0) is 19.8. The minimum absolute atomic E-state index is 0.00762. The Balaban J connectivity index is 1.96. The first-order valence-corrected chi connectivity index (χ1v) is 7.94. The molecule has 5 nitrogen and oxygen atoms in total. The number of alkyl halides is 3. The highest BCUT2D eigenvalue weighted by molar-refractivity contribution is 6.21. The van der Waals surface area contributed by atoms with Crippen molar-refractivity contribution in [3.63, 3.8) is 0 Å². The smallest absolute Gasteiger partial charge is 0.416 e. The largest absolute Gasteiger partial charge is 0.468 e. The SMILES string of the molecule is COC(=O)C(CN1C(=O)c2ccccc2C1=O)c1cccc(C(F)(F)F)c1. The molecule has 0 bridgehead atoms. The fourth-order valence-corrected chi connectivity index (χ4v) is 2.98. The molecule has 2 aromatic carbocycles. The second-order valence-electron chi connectivity index (χ2n) is 5.97. The second-order valence-corrected chi connectivity index (χ2v) is 5.97. The van der Waals surface area contributed by atoms with Crippen LogP contribution in [0.25, 0.3) is 0 Å². The summed E-state index contributed by atoms with van der Waals surface area (Å²) in [6.45, 7) is -0.416. The van der Waals surface area contributed by atoms with Gasteiger partial charge >= 0.3 is 12.1 Å². The summed E-state index contributed by atoms with van der Waals surface area (Å²) in [6, 6.07) is 10.3. The molecule has 27 heavy (non-hydrogen) atoms. The van der Waals surface area contributed by atoms with Gasteiger partial charge < -0.3 is 4.74 Å². The zero-order valence-corrected chi connectivity index (χ0v) is 14.1. The molecule has 1 unspecified atom stereocenters. The van der Waals surface area contributed by atoms with Crippen molar-refractivity contribution in [1.82, 2.24) is 4.90 Å². The third-order valence-electron chi connectivity index (χ3n) is 4.35. The molecule has 1 aliphatic rings. The number of carbonyl (C=O) groups is 3. The first-order chi connectivity index (χ1) is 12.7. The first-order valence-electron chi connectivity index (χ1n) is 7.94. The van der Waals surface area contributed by atoms with Crippen molar-refractivity contribution in [3.05, 3.63) is 70.8 Å². The van der Waals surface area contributed by atoms with Gasteiger partial charge in [-0.05, 0) is 23.8 Å². The number of fused-ring (bicyclic) bond motifs is 1. The van der Waals surface area contributed by atoms with Gasteiger partial charge in [-0.2, -0.15) is 13.2 Å². The molecule has 0 spiro atoms. The Bertz CT molecular complexity index is 888. The topological polar surface area (TPSA) is 63.7 Å². The second kappa shape index (κ2) is 6.86. The molecule has 0 aliphatic carbocycles. The van der Waals surface area contributed by atoms with Gasteiger partial charge in [-0.15, -0.1) is 0 Å². The molecule has 1 aliphatic heterocycles. The number of rotatable bonds is 4. The molecule has 0 radical (unpaired) electrons. The van der Waals surface area contributed by atoms with E-state index in [-0.39, 0.29) is 16.7 Å². The molecule has 0 aromatic heterocycles. The van der Waals surface area contributed by atoms with E-state index in [1.807, 2.05) is 0 Å². The van der Waals surface area contributed by atoms with Gasteiger partial charge in [0.15, 0.2) is 0 Å². The number of benzene rings is 2. The first kappa shape index (κ1) is 18.6. The number of methoxy groups -OCH3 is 1. The highest BCUT2D eigenvalue weighted by Crippen LogP contribution is 2.32. The molecule has 1 heterocycles. The molecule has 2 aromatic rings. The van der Waals surface area contributed by atoms with Crippen LogP contribution in [0.5, 0.6) is 0 Å². The van der Waals surface area contributed by atoms with E-state index in [0.717, 1.165) is 30.2 Å². The molecule has 3 rings (SSSR count). The van der Waals surface area contributed by atoms with E-state index >= 15 is 0 Å². The van der Waals surface area contributed by atoms with E-state index in [1.165, 1.54) is 18.2 Å². The molecule has 0 fully saturated rings. The summed E-state index contributed by atoms with van der Waals surface area (Å²) in [7, 11) is 1.09. The predicted octanol–water partition coefficient (Wildman–Crippen LogP) is 3.26. The maximum Gasteiger partial charge on any atom is 0.416 e. The average Bonchev–Trinajstić information content (AvgIpc) is 2.89. The van der Waals surface area contributed by atoms with Gasteiger partial charge in [-0.3, -0.25) is 19.3 Å². The number of hydrogen-bond acceptors (Lipinski definition) is 4. The molecule has 140 valence electrons. The third kappa shape index (κ3) is 3.42. The lowest BCUT2D eigenvalue weighted by Gasteiger charge is -2.22. The van der Waals surface area contributed by atoms with Gasteiger partial charge in [0.25, 0.3) is 11.8 Å². The van der Waals surface area contributed by atoms with Gasteiger partial charge in [0.1, 0.15) is 0 Å². The summed E-state index contributed by atoms with van der Waals surface area (Å²) < 4.78 is 43.6. The van der Waals surface area contributed by atoms with Gasteiger partial charge in [0.2, 0.25) is 0 Å². The van der Waals surface area contributed by atoms with Crippen molar-refractivity contribution in [2.75, 3.05) is 13.7 Å². The standard InChI is InChI=1S/C19H14F3NO4/c1-27-18(26)15(11-5-4-6-12(9-11)19(20,21)22)10-23-16(24)13-7-2-3-8-14(13)17(23)25/h2-9,15H,10H2,1H3. The maximum atomic E-state index is 13.0. The maximum absolute atomic E-state index is 13.0. The van der Waals surface area contributed by atoms with Crippen molar-refractivity contribution in [3.8, 4) is 0 Å². The lowest BCUT2D eigenvalue weighted by molar-refractivity contribution is -0.143. The Morgan fingerprint density at radius 2 is 1.63 bits per heavy atom.